The van der Waals surface area contributed by atoms with Crippen LogP contribution >= 0.6 is 0 Å². The Morgan fingerprint density at radius 2 is 2.10 bits per heavy atom. The third-order valence-electron chi connectivity index (χ3n) is 3.75. The minimum Gasteiger partial charge on any atom is -0.493 e. The Kier molecular flexibility index (Phi) is 4.78. The van der Waals surface area contributed by atoms with E-state index in [0.717, 1.165) is 11.3 Å². The van der Waals surface area contributed by atoms with Crippen molar-refractivity contribution in [1.82, 2.24) is 5.32 Å². The highest BCUT2D eigenvalue weighted by atomic mass is 32.2. The molecule has 0 aromatic heterocycles. The summed E-state index contributed by atoms with van der Waals surface area (Å²) in [7, 11) is -1.28. The highest BCUT2D eigenvalue weighted by Gasteiger charge is 2.37. The van der Waals surface area contributed by atoms with Crippen molar-refractivity contribution in [2.24, 2.45) is 0 Å². The highest BCUT2D eigenvalue weighted by Crippen LogP contribution is 2.29. The average molecular weight is 313 g/mol. The van der Waals surface area contributed by atoms with E-state index < -0.39 is 9.84 Å². The van der Waals surface area contributed by atoms with Gasteiger partial charge in [0.2, 0.25) is 0 Å². The Labute approximate surface area is 126 Å². The Morgan fingerprint density at radius 3 is 2.67 bits per heavy atom. The van der Waals surface area contributed by atoms with Crippen LogP contribution in [0.5, 0.6) is 11.5 Å². The third kappa shape index (κ3) is 4.11. The Bertz CT molecular complexity index is 600. The molecule has 0 aliphatic carbocycles. The maximum atomic E-state index is 11.6. The van der Waals surface area contributed by atoms with Gasteiger partial charge in [-0.25, -0.2) is 8.42 Å². The predicted molar refractivity (Wildman–Crippen MR) is 82.7 cm³/mol. The van der Waals surface area contributed by atoms with Crippen LogP contribution in [0, 0.1) is 0 Å². The van der Waals surface area contributed by atoms with Crippen molar-refractivity contribution < 1.29 is 17.9 Å². The van der Waals surface area contributed by atoms with E-state index in [-0.39, 0.29) is 17.0 Å². The fourth-order valence-electron chi connectivity index (χ4n) is 2.56. The molecule has 5 nitrogen and oxygen atoms in total. The summed E-state index contributed by atoms with van der Waals surface area (Å²) in [6.07, 6.45) is 0.656. The summed E-state index contributed by atoms with van der Waals surface area (Å²) in [6, 6.07) is 5.77. The van der Waals surface area contributed by atoms with Crippen LogP contribution in [0.2, 0.25) is 0 Å². The van der Waals surface area contributed by atoms with Gasteiger partial charge in [-0.15, -0.1) is 0 Å². The lowest BCUT2D eigenvalue weighted by atomic mass is 10.0. The Morgan fingerprint density at radius 1 is 1.33 bits per heavy atom. The maximum Gasteiger partial charge on any atom is 0.161 e. The van der Waals surface area contributed by atoms with Crippen LogP contribution in [0.1, 0.15) is 25.8 Å². The van der Waals surface area contributed by atoms with Crippen LogP contribution < -0.4 is 14.8 Å². The fourth-order valence-corrected chi connectivity index (χ4v) is 4.69. The van der Waals surface area contributed by atoms with Gasteiger partial charge < -0.3 is 14.8 Å². The molecule has 1 N–H and O–H groups in total. The first-order chi connectivity index (χ1) is 9.87. The summed E-state index contributed by atoms with van der Waals surface area (Å²) < 4.78 is 34.0. The molecule has 21 heavy (non-hydrogen) atoms. The SMILES string of the molecule is CCOc1ccc(CNC2(C)CCS(=O)(=O)C2)cc1OC. The zero-order chi connectivity index (χ0) is 15.5. The molecule has 1 aliphatic rings. The Balaban J connectivity index is 2.04. The zero-order valence-electron chi connectivity index (χ0n) is 12.8. The van der Waals surface area contributed by atoms with Gasteiger partial charge >= 0.3 is 0 Å². The van der Waals surface area contributed by atoms with E-state index in [1.165, 1.54) is 0 Å². The second kappa shape index (κ2) is 6.23. The van der Waals surface area contributed by atoms with Crippen molar-refractivity contribution in [3.05, 3.63) is 23.8 Å². The van der Waals surface area contributed by atoms with E-state index in [0.29, 0.717) is 25.3 Å². The van der Waals surface area contributed by atoms with Crippen molar-refractivity contribution in [3.63, 3.8) is 0 Å². The number of hydrogen-bond donors (Lipinski definition) is 1. The topological polar surface area (TPSA) is 64.6 Å². The molecule has 118 valence electrons. The Hall–Kier alpha value is -1.27. The van der Waals surface area contributed by atoms with Gasteiger partial charge in [-0.3, -0.25) is 0 Å². The minimum absolute atomic E-state index is 0.203. The number of nitrogens with one attached hydrogen (secondary N) is 1. The molecule has 1 fully saturated rings. The normalized spacial score (nSPS) is 24.0. The van der Waals surface area contributed by atoms with Gasteiger partial charge in [0.15, 0.2) is 21.3 Å². The summed E-state index contributed by atoms with van der Waals surface area (Å²) >= 11 is 0. The fraction of sp³-hybridized carbons (Fsp3) is 0.600. The number of methoxy groups -OCH3 is 1. The second-order valence-electron chi connectivity index (χ2n) is 5.67. The monoisotopic (exact) mass is 313 g/mol. The van der Waals surface area contributed by atoms with Crippen LogP contribution in [0.3, 0.4) is 0 Å². The number of rotatable bonds is 6. The molecular weight excluding hydrogens is 290 g/mol. The molecule has 6 heteroatoms. The number of benzene rings is 1. The summed E-state index contributed by atoms with van der Waals surface area (Å²) in [5, 5.41) is 3.36. The largest absolute Gasteiger partial charge is 0.493 e. The molecule has 2 rings (SSSR count). The number of sulfone groups is 1. The van der Waals surface area contributed by atoms with E-state index in [2.05, 4.69) is 5.32 Å². The summed E-state index contributed by atoms with van der Waals surface area (Å²) in [5.41, 5.74) is 0.700. The highest BCUT2D eigenvalue weighted by molar-refractivity contribution is 7.91. The summed E-state index contributed by atoms with van der Waals surface area (Å²) in [4.78, 5) is 0. The quantitative estimate of drug-likeness (QED) is 0.867. The van der Waals surface area contributed by atoms with E-state index in [4.69, 9.17) is 9.47 Å². The molecule has 1 unspecified atom stereocenters. The summed E-state index contributed by atoms with van der Waals surface area (Å²) in [6.45, 7) is 5.08. The molecule has 1 saturated heterocycles. The first-order valence-corrected chi connectivity index (χ1v) is 8.95. The predicted octanol–water partition coefficient (Wildman–Crippen LogP) is 1.76. The smallest absolute Gasteiger partial charge is 0.161 e. The lowest BCUT2D eigenvalue weighted by Crippen LogP contribution is -2.42. The first-order valence-electron chi connectivity index (χ1n) is 7.13. The van der Waals surface area contributed by atoms with E-state index >= 15 is 0 Å². The molecule has 0 saturated carbocycles. The molecule has 1 heterocycles. The molecule has 0 radical (unpaired) electrons. The number of hydrogen-bond acceptors (Lipinski definition) is 5. The minimum atomic E-state index is -2.89. The maximum absolute atomic E-state index is 11.6. The molecule has 0 spiro atoms. The van der Waals surface area contributed by atoms with Crippen molar-refractivity contribution in [2.75, 3.05) is 25.2 Å². The second-order valence-corrected chi connectivity index (χ2v) is 7.86. The van der Waals surface area contributed by atoms with Crippen molar-refractivity contribution in [2.45, 2.75) is 32.4 Å². The van der Waals surface area contributed by atoms with E-state index in [1.807, 2.05) is 32.0 Å². The molecule has 1 atom stereocenters. The summed E-state index contributed by atoms with van der Waals surface area (Å²) in [5.74, 6) is 1.89. The van der Waals surface area contributed by atoms with Crippen LogP contribution in [0.4, 0.5) is 0 Å². The van der Waals surface area contributed by atoms with Gasteiger partial charge in [-0.05, 0) is 38.0 Å². The molecule has 0 amide bonds. The van der Waals surface area contributed by atoms with Crippen molar-refractivity contribution >= 4 is 9.84 Å². The van der Waals surface area contributed by atoms with E-state index in [1.54, 1.807) is 7.11 Å². The van der Waals surface area contributed by atoms with Crippen LogP contribution in [-0.4, -0.2) is 39.2 Å². The van der Waals surface area contributed by atoms with Gasteiger partial charge in [0.1, 0.15) is 0 Å². The lowest BCUT2D eigenvalue weighted by molar-refractivity contribution is 0.310. The van der Waals surface area contributed by atoms with Crippen LogP contribution in [0.15, 0.2) is 18.2 Å². The van der Waals surface area contributed by atoms with Gasteiger partial charge in [0.05, 0.1) is 25.2 Å². The molecule has 1 aromatic rings. The van der Waals surface area contributed by atoms with Gasteiger partial charge in [-0.1, -0.05) is 6.07 Å². The zero-order valence-corrected chi connectivity index (χ0v) is 13.6. The van der Waals surface area contributed by atoms with Crippen molar-refractivity contribution in [1.29, 1.82) is 0 Å². The number of ether oxygens (including phenoxy) is 2. The third-order valence-corrected chi connectivity index (χ3v) is 5.65. The average Bonchev–Trinajstić information content (AvgIpc) is 2.72. The molecule has 0 bridgehead atoms. The standard InChI is InChI=1S/C15H23NO4S/c1-4-20-13-6-5-12(9-14(13)19-3)10-16-15(2)7-8-21(17,18)11-15/h5-6,9,16H,4,7-8,10-11H2,1-3H3. The van der Waals surface area contributed by atoms with Gasteiger partial charge in [-0.2, -0.15) is 0 Å². The van der Waals surface area contributed by atoms with Gasteiger partial charge in [0, 0.05) is 12.1 Å². The first kappa shape index (κ1) is 16.1. The van der Waals surface area contributed by atoms with Crippen molar-refractivity contribution in [3.8, 4) is 11.5 Å². The molecular formula is C15H23NO4S. The van der Waals surface area contributed by atoms with Crippen LogP contribution in [-0.2, 0) is 16.4 Å². The van der Waals surface area contributed by atoms with Gasteiger partial charge in [0.25, 0.3) is 0 Å². The van der Waals surface area contributed by atoms with E-state index in [9.17, 15) is 8.42 Å². The van der Waals surface area contributed by atoms with Crippen LogP contribution in [0.25, 0.3) is 0 Å². The molecule has 1 aliphatic heterocycles. The lowest BCUT2D eigenvalue weighted by Gasteiger charge is -2.24. The molecule has 1 aromatic carbocycles.